The van der Waals surface area contributed by atoms with Crippen molar-refractivity contribution >= 4 is 46.7 Å². The molecule has 1 aromatic carbocycles. The second-order valence-electron chi connectivity index (χ2n) is 6.74. The molecule has 4 aromatic rings. The van der Waals surface area contributed by atoms with Crippen LogP contribution in [0.3, 0.4) is 0 Å². The van der Waals surface area contributed by atoms with Gasteiger partial charge in [0.2, 0.25) is 0 Å². The van der Waals surface area contributed by atoms with Crippen LogP contribution in [0, 0.1) is 0 Å². The molecule has 0 unspecified atom stereocenters. The standard InChI is InChI=1S/C19H19N5OSe/c20-16-15(19(25)23-13-6-9-26-17(13)16)18-21-12-5-4-11(10-14(12)22-18)24-7-2-1-3-8-24/h4-6,9-10H,1-3,7-8H2,(H,21,22)(H3,20,23,25). The Morgan fingerprint density at radius 1 is 1.08 bits per heavy atom. The predicted molar refractivity (Wildman–Crippen MR) is 107 cm³/mol. The minimum atomic E-state index is -0.195. The first kappa shape index (κ1) is 15.7. The monoisotopic (exact) mass is 413 g/mol. The number of nitrogens with zero attached hydrogens (tertiary/aromatic N) is 2. The molecule has 0 spiro atoms. The number of nitrogen functional groups attached to an aromatic ring is 1. The Kier molecular flexibility index (Phi) is 3.65. The van der Waals surface area contributed by atoms with Crippen molar-refractivity contribution in [3.63, 3.8) is 0 Å². The number of hydrogen-bond donors (Lipinski definition) is 3. The summed E-state index contributed by atoms with van der Waals surface area (Å²) in [4.78, 5) is 27.9. The Balaban J connectivity index is 1.63. The fourth-order valence-corrected chi connectivity index (χ4v) is 5.45. The quantitative estimate of drug-likeness (QED) is 0.442. The fourth-order valence-electron chi connectivity index (χ4n) is 3.74. The number of piperidine rings is 1. The van der Waals surface area contributed by atoms with Gasteiger partial charge < -0.3 is 0 Å². The molecule has 1 aliphatic heterocycles. The second-order valence-corrected chi connectivity index (χ2v) is 8.66. The fraction of sp³-hybridized carbons (Fsp3) is 0.263. The van der Waals surface area contributed by atoms with Gasteiger partial charge in [-0.3, -0.25) is 0 Å². The average molecular weight is 412 g/mol. The first-order chi connectivity index (χ1) is 12.7. The first-order valence-corrected chi connectivity index (χ1v) is 10.7. The van der Waals surface area contributed by atoms with Gasteiger partial charge in [-0.15, -0.1) is 0 Å². The number of hydrogen-bond acceptors (Lipinski definition) is 4. The molecule has 1 aliphatic rings. The zero-order valence-electron chi connectivity index (χ0n) is 14.2. The molecule has 0 atom stereocenters. The van der Waals surface area contributed by atoms with Gasteiger partial charge in [-0.05, 0) is 0 Å². The summed E-state index contributed by atoms with van der Waals surface area (Å²) in [6.45, 7) is 2.19. The number of imidazole rings is 1. The second kappa shape index (κ2) is 6.04. The number of pyridine rings is 1. The van der Waals surface area contributed by atoms with E-state index < -0.39 is 0 Å². The molecule has 0 amide bonds. The summed E-state index contributed by atoms with van der Waals surface area (Å²) in [5, 5.41) is 0. The van der Waals surface area contributed by atoms with Crippen LogP contribution in [-0.4, -0.2) is 42.5 Å². The molecule has 0 bridgehead atoms. The Labute approximate surface area is 155 Å². The van der Waals surface area contributed by atoms with Crippen LogP contribution < -0.4 is 16.2 Å². The van der Waals surface area contributed by atoms with E-state index in [1.54, 1.807) is 0 Å². The number of H-pyrrole nitrogens is 2. The SMILES string of the molecule is Nc1c(-c2nc3ccc(N4CCCCC4)cc3[nH]2)c(=O)[nH]c2cc[se]c12. The molecule has 1 fully saturated rings. The van der Waals surface area contributed by atoms with Crippen LogP contribution in [0.15, 0.2) is 34.0 Å². The number of aromatic nitrogens is 3. The molecule has 4 heterocycles. The van der Waals surface area contributed by atoms with Gasteiger partial charge in [0.25, 0.3) is 0 Å². The molecule has 4 N–H and O–H groups in total. The molecule has 26 heavy (non-hydrogen) atoms. The Hall–Kier alpha value is -2.50. The van der Waals surface area contributed by atoms with Gasteiger partial charge in [0, 0.05) is 0 Å². The van der Waals surface area contributed by atoms with Crippen LogP contribution in [0.5, 0.6) is 0 Å². The van der Waals surface area contributed by atoms with Crippen LogP contribution in [0.1, 0.15) is 19.3 Å². The van der Waals surface area contributed by atoms with Crippen LogP contribution >= 0.6 is 0 Å². The summed E-state index contributed by atoms with van der Waals surface area (Å²) >= 11 is 0.159. The summed E-state index contributed by atoms with van der Waals surface area (Å²) in [5.74, 6) is 0.542. The number of nitrogens with one attached hydrogen (secondary N) is 2. The number of rotatable bonds is 2. The van der Waals surface area contributed by atoms with Gasteiger partial charge in [-0.1, -0.05) is 0 Å². The van der Waals surface area contributed by atoms with E-state index in [2.05, 4.69) is 36.9 Å². The molecule has 0 aliphatic carbocycles. The Bertz CT molecular complexity index is 1170. The van der Waals surface area contributed by atoms with Gasteiger partial charge >= 0.3 is 156 Å². The van der Waals surface area contributed by atoms with Crippen molar-refractivity contribution in [3.8, 4) is 11.4 Å². The number of fused-ring (bicyclic) bond motifs is 2. The van der Waals surface area contributed by atoms with Crippen molar-refractivity contribution in [2.45, 2.75) is 19.3 Å². The number of anilines is 2. The van der Waals surface area contributed by atoms with Gasteiger partial charge in [0.15, 0.2) is 0 Å². The van der Waals surface area contributed by atoms with Crippen molar-refractivity contribution in [2.75, 3.05) is 23.7 Å². The normalized spacial score (nSPS) is 15.2. The minimum absolute atomic E-state index is 0.159. The van der Waals surface area contributed by atoms with Gasteiger partial charge in [-0.25, -0.2) is 0 Å². The number of benzene rings is 1. The summed E-state index contributed by atoms with van der Waals surface area (Å²) in [5.41, 5.74) is 10.9. The summed E-state index contributed by atoms with van der Waals surface area (Å²) in [6.07, 6.45) is 3.79. The van der Waals surface area contributed by atoms with Crippen molar-refractivity contribution in [1.29, 1.82) is 0 Å². The molecular formula is C19H19N5OSe. The van der Waals surface area contributed by atoms with E-state index in [9.17, 15) is 4.79 Å². The van der Waals surface area contributed by atoms with Crippen LogP contribution in [-0.2, 0) is 0 Å². The summed E-state index contributed by atoms with van der Waals surface area (Å²) in [6, 6.07) is 8.19. The summed E-state index contributed by atoms with van der Waals surface area (Å²) < 4.78 is 1.03. The van der Waals surface area contributed by atoms with Crippen LogP contribution in [0.25, 0.3) is 32.2 Å². The zero-order valence-corrected chi connectivity index (χ0v) is 15.9. The van der Waals surface area contributed by atoms with E-state index in [4.69, 9.17) is 5.73 Å². The van der Waals surface area contributed by atoms with Crippen molar-refractivity contribution < 1.29 is 0 Å². The predicted octanol–water partition coefficient (Wildman–Crippen LogP) is 2.70. The molecule has 6 nitrogen and oxygen atoms in total. The van der Waals surface area contributed by atoms with Crippen molar-refractivity contribution in [2.24, 2.45) is 0 Å². The van der Waals surface area contributed by atoms with E-state index in [0.717, 1.165) is 33.9 Å². The molecule has 132 valence electrons. The van der Waals surface area contributed by atoms with E-state index in [1.807, 2.05) is 12.1 Å². The van der Waals surface area contributed by atoms with Crippen molar-refractivity contribution in [3.05, 3.63) is 39.6 Å². The number of aromatic amines is 2. The molecule has 7 heteroatoms. The molecular weight excluding hydrogens is 393 g/mol. The third-order valence-electron chi connectivity index (χ3n) is 5.08. The molecule has 3 aromatic heterocycles. The maximum absolute atomic E-state index is 12.6. The zero-order chi connectivity index (χ0) is 17.7. The van der Waals surface area contributed by atoms with Crippen molar-refractivity contribution in [1.82, 2.24) is 15.0 Å². The molecule has 0 saturated carbocycles. The van der Waals surface area contributed by atoms with E-state index in [0.29, 0.717) is 17.1 Å². The average Bonchev–Trinajstić information content (AvgIpc) is 3.28. The third kappa shape index (κ3) is 2.47. The van der Waals surface area contributed by atoms with Crippen LogP contribution in [0.4, 0.5) is 11.4 Å². The molecule has 5 rings (SSSR count). The Morgan fingerprint density at radius 3 is 2.77 bits per heavy atom. The maximum atomic E-state index is 12.6. The van der Waals surface area contributed by atoms with Crippen LogP contribution in [0.2, 0.25) is 0 Å². The summed E-state index contributed by atoms with van der Waals surface area (Å²) in [7, 11) is 0. The third-order valence-corrected chi connectivity index (χ3v) is 7.07. The topological polar surface area (TPSA) is 90.8 Å². The Morgan fingerprint density at radius 2 is 1.92 bits per heavy atom. The molecule has 1 saturated heterocycles. The van der Waals surface area contributed by atoms with Gasteiger partial charge in [0.05, 0.1) is 0 Å². The van der Waals surface area contributed by atoms with E-state index in [-0.39, 0.29) is 20.1 Å². The van der Waals surface area contributed by atoms with Gasteiger partial charge in [-0.2, -0.15) is 0 Å². The van der Waals surface area contributed by atoms with E-state index in [1.165, 1.54) is 24.9 Å². The van der Waals surface area contributed by atoms with E-state index >= 15 is 0 Å². The molecule has 0 radical (unpaired) electrons. The number of nitrogens with two attached hydrogens (primary N) is 1. The van der Waals surface area contributed by atoms with Gasteiger partial charge in [0.1, 0.15) is 0 Å². The first-order valence-electron chi connectivity index (χ1n) is 8.85.